The molecule has 0 spiro atoms. The van der Waals surface area contributed by atoms with Gasteiger partial charge >= 0.3 is 17.9 Å². The first kappa shape index (κ1) is 54.4. The number of carbonyl (C=O) groups is 3. The van der Waals surface area contributed by atoms with Gasteiger partial charge in [0.1, 0.15) is 13.2 Å². The summed E-state index contributed by atoms with van der Waals surface area (Å²) in [5.74, 6) is 1.61. The number of hydrogen-bond acceptors (Lipinski definition) is 6. The molecular formula is C50H96O6. The van der Waals surface area contributed by atoms with Crippen LogP contribution in [0.25, 0.3) is 0 Å². The van der Waals surface area contributed by atoms with Crippen molar-refractivity contribution in [2.45, 2.75) is 272 Å². The lowest BCUT2D eigenvalue weighted by Crippen LogP contribution is -2.30. The highest BCUT2D eigenvalue weighted by atomic mass is 16.6. The predicted octanol–water partition coefficient (Wildman–Crippen LogP) is 15.6. The van der Waals surface area contributed by atoms with Crippen molar-refractivity contribution in [3.8, 4) is 0 Å². The summed E-state index contributed by atoms with van der Waals surface area (Å²) in [7, 11) is 0. The highest BCUT2D eigenvalue weighted by Gasteiger charge is 2.19. The molecule has 0 saturated carbocycles. The van der Waals surface area contributed by atoms with Crippen molar-refractivity contribution < 1.29 is 28.6 Å². The number of esters is 3. The minimum atomic E-state index is -0.762. The van der Waals surface area contributed by atoms with Gasteiger partial charge in [0.25, 0.3) is 0 Å². The van der Waals surface area contributed by atoms with E-state index >= 15 is 0 Å². The van der Waals surface area contributed by atoms with Gasteiger partial charge in [-0.1, -0.05) is 228 Å². The van der Waals surface area contributed by atoms with Crippen molar-refractivity contribution in [1.29, 1.82) is 0 Å². The molecule has 0 aliphatic rings. The van der Waals surface area contributed by atoms with E-state index < -0.39 is 6.10 Å². The lowest BCUT2D eigenvalue weighted by atomic mass is 9.99. The first-order valence-corrected chi connectivity index (χ1v) is 24.6. The average molecular weight is 793 g/mol. The van der Waals surface area contributed by atoms with Crippen molar-refractivity contribution in [1.82, 2.24) is 0 Å². The topological polar surface area (TPSA) is 78.9 Å². The summed E-state index contributed by atoms with van der Waals surface area (Å²) in [5, 5.41) is 0. The Hall–Kier alpha value is -1.59. The quantitative estimate of drug-likeness (QED) is 0.0348. The van der Waals surface area contributed by atoms with E-state index in [9.17, 15) is 14.4 Å². The fourth-order valence-corrected chi connectivity index (χ4v) is 7.38. The SMILES string of the molecule is CCC(C)CCCCCCCCCCC(=O)OC[C@H](COC(=O)CCCCCCCCCC(C)C)OC(=O)CCCCCCCCCCCCCCCC(C)C. The van der Waals surface area contributed by atoms with Crippen LogP contribution in [0.4, 0.5) is 0 Å². The highest BCUT2D eigenvalue weighted by Crippen LogP contribution is 2.18. The second-order valence-electron chi connectivity index (χ2n) is 18.3. The maximum absolute atomic E-state index is 12.8. The van der Waals surface area contributed by atoms with Crippen molar-refractivity contribution in [2.24, 2.45) is 17.8 Å². The molecule has 0 aromatic rings. The maximum Gasteiger partial charge on any atom is 0.306 e. The van der Waals surface area contributed by atoms with Crippen LogP contribution in [0.5, 0.6) is 0 Å². The zero-order valence-electron chi connectivity index (χ0n) is 38.4. The van der Waals surface area contributed by atoms with Crippen LogP contribution in [-0.4, -0.2) is 37.2 Å². The molecule has 1 unspecified atom stereocenters. The molecule has 0 N–H and O–H groups in total. The van der Waals surface area contributed by atoms with E-state index in [-0.39, 0.29) is 31.1 Å². The largest absolute Gasteiger partial charge is 0.462 e. The van der Waals surface area contributed by atoms with E-state index in [1.54, 1.807) is 0 Å². The van der Waals surface area contributed by atoms with Crippen LogP contribution in [0, 0.1) is 17.8 Å². The van der Waals surface area contributed by atoms with Crippen molar-refractivity contribution in [2.75, 3.05) is 13.2 Å². The van der Waals surface area contributed by atoms with Gasteiger partial charge in [-0.2, -0.15) is 0 Å². The van der Waals surface area contributed by atoms with E-state index in [1.807, 2.05) is 0 Å². The van der Waals surface area contributed by atoms with E-state index in [2.05, 4.69) is 41.5 Å². The molecular weight excluding hydrogens is 697 g/mol. The van der Waals surface area contributed by atoms with Crippen LogP contribution < -0.4 is 0 Å². The van der Waals surface area contributed by atoms with Crippen molar-refractivity contribution in [3.05, 3.63) is 0 Å². The minimum Gasteiger partial charge on any atom is -0.462 e. The Morgan fingerprint density at radius 3 is 0.929 bits per heavy atom. The van der Waals surface area contributed by atoms with Gasteiger partial charge in [-0.05, 0) is 37.0 Å². The van der Waals surface area contributed by atoms with E-state index in [4.69, 9.17) is 14.2 Å². The third-order valence-electron chi connectivity index (χ3n) is 11.5. The van der Waals surface area contributed by atoms with Gasteiger partial charge in [0.05, 0.1) is 0 Å². The van der Waals surface area contributed by atoms with E-state index in [0.717, 1.165) is 75.5 Å². The molecule has 0 aliphatic heterocycles. The van der Waals surface area contributed by atoms with Crippen molar-refractivity contribution >= 4 is 17.9 Å². The van der Waals surface area contributed by atoms with E-state index in [0.29, 0.717) is 19.3 Å². The molecule has 6 heteroatoms. The first-order valence-electron chi connectivity index (χ1n) is 24.6. The van der Waals surface area contributed by atoms with Gasteiger partial charge in [-0.3, -0.25) is 14.4 Å². The maximum atomic E-state index is 12.8. The monoisotopic (exact) mass is 793 g/mol. The number of rotatable bonds is 43. The molecule has 0 saturated heterocycles. The molecule has 0 bridgehead atoms. The zero-order valence-corrected chi connectivity index (χ0v) is 38.4. The van der Waals surface area contributed by atoms with E-state index in [1.165, 1.54) is 148 Å². The average Bonchev–Trinajstić information content (AvgIpc) is 3.16. The number of hydrogen-bond donors (Lipinski definition) is 0. The first-order chi connectivity index (χ1) is 27.1. The van der Waals surface area contributed by atoms with Gasteiger partial charge in [-0.25, -0.2) is 0 Å². The lowest BCUT2D eigenvalue weighted by molar-refractivity contribution is -0.167. The summed E-state index contributed by atoms with van der Waals surface area (Å²) in [6.45, 7) is 13.7. The fourth-order valence-electron chi connectivity index (χ4n) is 7.38. The van der Waals surface area contributed by atoms with Crippen molar-refractivity contribution in [3.63, 3.8) is 0 Å². The van der Waals surface area contributed by atoms with Crippen LogP contribution >= 0.6 is 0 Å². The van der Waals surface area contributed by atoms with Gasteiger partial charge in [0.2, 0.25) is 0 Å². The number of ether oxygens (including phenoxy) is 3. The van der Waals surface area contributed by atoms with Crippen LogP contribution in [0.3, 0.4) is 0 Å². The molecule has 0 aliphatic carbocycles. The molecule has 6 nitrogen and oxygen atoms in total. The van der Waals surface area contributed by atoms with Gasteiger partial charge in [-0.15, -0.1) is 0 Å². The lowest BCUT2D eigenvalue weighted by Gasteiger charge is -2.18. The molecule has 0 amide bonds. The zero-order chi connectivity index (χ0) is 41.3. The standard InChI is InChI=1S/C50H96O6/c1-7-46(6)38-32-26-20-15-16-21-27-33-39-48(51)54-42-47(43-55-49(52)40-34-28-23-17-19-25-31-37-45(4)5)56-50(53)41-35-29-22-14-12-10-8-9-11-13-18-24-30-36-44(2)3/h44-47H,7-43H2,1-6H3/t46?,47-/m1/s1. The number of unbranched alkanes of at least 4 members (excludes halogenated alkanes) is 25. The summed E-state index contributed by atoms with van der Waals surface area (Å²) < 4.78 is 16.8. The summed E-state index contributed by atoms with van der Waals surface area (Å²) in [4.78, 5) is 37.8. The Balaban J connectivity index is 4.32. The van der Waals surface area contributed by atoms with Gasteiger partial charge in [0, 0.05) is 19.3 Å². The molecule has 0 aromatic heterocycles. The van der Waals surface area contributed by atoms with Gasteiger partial charge < -0.3 is 14.2 Å². The molecule has 0 rings (SSSR count). The Labute approximate surface area is 348 Å². The molecule has 0 radical (unpaired) electrons. The second-order valence-corrected chi connectivity index (χ2v) is 18.3. The fraction of sp³-hybridized carbons (Fsp3) is 0.940. The smallest absolute Gasteiger partial charge is 0.306 e. The molecule has 0 heterocycles. The van der Waals surface area contributed by atoms with Crippen LogP contribution in [0.2, 0.25) is 0 Å². The third kappa shape index (κ3) is 42.0. The molecule has 0 fully saturated rings. The summed E-state index contributed by atoms with van der Waals surface area (Å²) in [5.41, 5.74) is 0. The normalized spacial score (nSPS) is 12.6. The Kier molecular flexibility index (Phi) is 40.4. The van der Waals surface area contributed by atoms with Gasteiger partial charge in [0.15, 0.2) is 6.10 Å². The van der Waals surface area contributed by atoms with Crippen LogP contribution in [0.1, 0.15) is 266 Å². The summed E-state index contributed by atoms with van der Waals surface area (Å²) in [6.07, 6.45) is 39.5. The molecule has 0 aromatic carbocycles. The Morgan fingerprint density at radius 1 is 0.357 bits per heavy atom. The van der Waals surface area contributed by atoms with Crippen LogP contribution in [-0.2, 0) is 28.6 Å². The molecule has 332 valence electrons. The predicted molar refractivity (Wildman–Crippen MR) is 238 cm³/mol. The Morgan fingerprint density at radius 2 is 0.625 bits per heavy atom. The van der Waals surface area contributed by atoms with Crippen LogP contribution in [0.15, 0.2) is 0 Å². The molecule has 56 heavy (non-hydrogen) atoms. The molecule has 2 atom stereocenters. The Bertz CT molecular complexity index is 870. The minimum absolute atomic E-state index is 0.0660. The highest BCUT2D eigenvalue weighted by molar-refractivity contribution is 5.71. The summed E-state index contributed by atoms with van der Waals surface area (Å²) >= 11 is 0. The number of carbonyl (C=O) groups excluding carboxylic acids is 3. The second kappa shape index (κ2) is 41.6. The third-order valence-corrected chi connectivity index (χ3v) is 11.5. The summed E-state index contributed by atoms with van der Waals surface area (Å²) in [6, 6.07) is 0.